The van der Waals surface area contributed by atoms with Gasteiger partial charge in [-0.2, -0.15) is 0 Å². The number of amides is 1. The van der Waals surface area contributed by atoms with E-state index in [1.54, 1.807) is 31.4 Å². The number of hydrogen-bond donors (Lipinski definition) is 1. The van der Waals surface area contributed by atoms with Gasteiger partial charge in [-0.1, -0.05) is 35.9 Å². The van der Waals surface area contributed by atoms with Crippen LogP contribution in [0.15, 0.2) is 48.5 Å². The maximum absolute atomic E-state index is 12.3. The Morgan fingerprint density at radius 1 is 1.21 bits per heavy atom. The molecule has 6 nitrogen and oxygen atoms in total. The predicted octanol–water partition coefficient (Wildman–Crippen LogP) is 3.77. The van der Waals surface area contributed by atoms with Gasteiger partial charge < -0.3 is 10.1 Å². The van der Waals surface area contributed by atoms with Gasteiger partial charge in [-0.25, -0.2) is 8.42 Å². The smallest absolute Gasteiger partial charge is 0.232 e. The Morgan fingerprint density at radius 3 is 2.57 bits per heavy atom. The Hall–Kier alpha value is -2.25. The zero-order valence-corrected chi connectivity index (χ0v) is 17.8. The van der Waals surface area contributed by atoms with Crippen molar-refractivity contribution in [3.8, 4) is 5.75 Å². The molecule has 0 fully saturated rings. The van der Waals surface area contributed by atoms with Gasteiger partial charge in [0.25, 0.3) is 0 Å². The molecular weight excluding hydrogens is 400 g/mol. The number of benzene rings is 2. The molecule has 2 aromatic rings. The van der Waals surface area contributed by atoms with Crippen molar-refractivity contribution in [2.45, 2.75) is 25.8 Å². The maximum Gasteiger partial charge on any atom is 0.232 e. The highest BCUT2D eigenvalue weighted by Crippen LogP contribution is 2.25. The summed E-state index contributed by atoms with van der Waals surface area (Å²) in [7, 11) is -1.89. The molecule has 0 aliphatic rings. The molecule has 1 amide bonds. The van der Waals surface area contributed by atoms with Gasteiger partial charge in [0.1, 0.15) is 5.75 Å². The van der Waals surface area contributed by atoms with Crippen molar-refractivity contribution >= 4 is 33.2 Å². The van der Waals surface area contributed by atoms with Gasteiger partial charge in [-0.05, 0) is 37.6 Å². The van der Waals surface area contributed by atoms with E-state index in [9.17, 15) is 13.2 Å². The fraction of sp³-hybridized carbons (Fsp3) is 0.350. The molecule has 0 spiro atoms. The second kappa shape index (κ2) is 9.80. The van der Waals surface area contributed by atoms with Crippen molar-refractivity contribution in [2.24, 2.45) is 0 Å². The molecule has 0 unspecified atom stereocenters. The zero-order valence-electron chi connectivity index (χ0n) is 16.2. The lowest BCUT2D eigenvalue weighted by Crippen LogP contribution is -2.32. The molecule has 0 heterocycles. The van der Waals surface area contributed by atoms with Gasteiger partial charge in [-0.3, -0.25) is 9.10 Å². The Kier molecular flexibility index (Phi) is 7.71. The second-order valence-electron chi connectivity index (χ2n) is 6.45. The average Bonchev–Trinajstić information content (AvgIpc) is 2.64. The highest BCUT2D eigenvalue weighted by Gasteiger charge is 2.19. The number of anilines is 1. The lowest BCUT2D eigenvalue weighted by molar-refractivity contribution is -0.121. The summed E-state index contributed by atoms with van der Waals surface area (Å²) in [5, 5.41) is 3.38. The van der Waals surface area contributed by atoms with Crippen LogP contribution in [0.3, 0.4) is 0 Å². The van der Waals surface area contributed by atoms with Crippen LogP contribution in [0.1, 0.15) is 31.4 Å². The molecule has 0 saturated carbocycles. The van der Waals surface area contributed by atoms with Crippen molar-refractivity contribution in [1.82, 2.24) is 5.32 Å². The van der Waals surface area contributed by atoms with E-state index < -0.39 is 10.0 Å². The van der Waals surface area contributed by atoms with E-state index in [1.807, 2.05) is 31.2 Å². The highest BCUT2D eigenvalue weighted by molar-refractivity contribution is 7.92. The zero-order chi connectivity index (χ0) is 20.7. The fourth-order valence-electron chi connectivity index (χ4n) is 2.92. The number of methoxy groups -OCH3 is 1. The summed E-state index contributed by atoms with van der Waals surface area (Å²) < 4.78 is 30.8. The molecule has 0 aliphatic heterocycles. The first-order chi connectivity index (χ1) is 13.2. The molecule has 2 rings (SSSR count). The number of carbonyl (C=O) groups excluding carboxylic acids is 1. The van der Waals surface area contributed by atoms with E-state index >= 15 is 0 Å². The SMILES string of the molecule is COc1ccccc1[C@H](C)NC(=O)CCCN(c1cccc(Cl)c1)S(C)(=O)=O. The number of hydrogen-bond acceptors (Lipinski definition) is 4. The fourth-order valence-corrected chi connectivity index (χ4v) is 4.06. The third-order valence-corrected chi connectivity index (χ3v) is 5.67. The first-order valence-electron chi connectivity index (χ1n) is 8.88. The third kappa shape index (κ3) is 6.14. The molecule has 2 aromatic carbocycles. The van der Waals surface area contributed by atoms with Gasteiger partial charge in [0.15, 0.2) is 0 Å². The molecule has 0 aromatic heterocycles. The van der Waals surface area contributed by atoms with Gasteiger partial charge >= 0.3 is 0 Å². The minimum atomic E-state index is -3.48. The van der Waals surface area contributed by atoms with Crippen LogP contribution in [0.2, 0.25) is 5.02 Å². The number of para-hydroxylation sites is 1. The van der Waals surface area contributed by atoms with E-state index in [0.717, 1.165) is 11.8 Å². The molecule has 152 valence electrons. The van der Waals surface area contributed by atoms with Crippen LogP contribution in [0.5, 0.6) is 5.75 Å². The Balaban J connectivity index is 1.96. The third-order valence-electron chi connectivity index (χ3n) is 4.24. The summed E-state index contributed by atoms with van der Waals surface area (Å²) in [4.78, 5) is 12.3. The average molecular weight is 425 g/mol. The monoisotopic (exact) mass is 424 g/mol. The number of sulfonamides is 1. The van der Waals surface area contributed by atoms with Crippen LogP contribution in [0, 0.1) is 0 Å². The number of carbonyl (C=O) groups is 1. The van der Waals surface area contributed by atoms with E-state index in [4.69, 9.17) is 16.3 Å². The van der Waals surface area contributed by atoms with Crippen molar-refractivity contribution in [3.05, 3.63) is 59.1 Å². The number of rotatable bonds is 9. The number of halogens is 1. The topological polar surface area (TPSA) is 75.7 Å². The van der Waals surface area contributed by atoms with Crippen molar-refractivity contribution in [2.75, 3.05) is 24.2 Å². The van der Waals surface area contributed by atoms with Gasteiger partial charge in [0.2, 0.25) is 15.9 Å². The van der Waals surface area contributed by atoms with E-state index in [0.29, 0.717) is 22.9 Å². The predicted molar refractivity (Wildman–Crippen MR) is 112 cm³/mol. The van der Waals surface area contributed by atoms with Crippen LogP contribution >= 0.6 is 11.6 Å². The molecule has 0 radical (unpaired) electrons. The highest BCUT2D eigenvalue weighted by atomic mass is 35.5. The van der Waals surface area contributed by atoms with Gasteiger partial charge in [0, 0.05) is 23.6 Å². The minimum Gasteiger partial charge on any atom is -0.496 e. The standard InChI is InChI=1S/C20H25ClN2O4S/c1-15(18-10-4-5-11-19(18)27-2)22-20(24)12-7-13-23(28(3,25)26)17-9-6-8-16(21)14-17/h4-6,8-11,14-15H,7,12-13H2,1-3H3,(H,22,24)/t15-/m0/s1. The molecule has 1 N–H and O–H groups in total. The van der Waals surface area contributed by atoms with Crippen LogP contribution in [-0.4, -0.2) is 34.2 Å². The summed E-state index contributed by atoms with van der Waals surface area (Å²) in [6.45, 7) is 2.07. The lowest BCUT2D eigenvalue weighted by Gasteiger charge is -2.23. The van der Waals surface area contributed by atoms with Crippen LogP contribution in [0.4, 0.5) is 5.69 Å². The summed E-state index contributed by atoms with van der Waals surface area (Å²) in [5.74, 6) is 0.553. The molecule has 0 bridgehead atoms. The summed E-state index contributed by atoms with van der Waals surface area (Å²) in [6, 6.07) is 13.9. The largest absolute Gasteiger partial charge is 0.496 e. The first kappa shape index (κ1) is 22.0. The van der Waals surface area contributed by atoms with E-state index in [2.05, 4.69) is 5.32 Å². The molecular formula is C20H25ClN2O4S. The molecule has 28 heavy (non-hydrogen) atoms. The van der Waals surface area contributed by atoms with Crippen LogP contribution < -0.4 is 14.4 Å². The summed E-state index contributed by atoms with van der Waals surface area (Å²) >= 11 is 5.97. The quantitative estimate of drug-likeness (QED) is 0.664. The molecule has 1 atom stereocenters. The van der Waals surface area contributed by atoms with Crippen LogP contribution in [-0.2, 0) is 14.8 Å². The second-order valence-corrected chi connectivity index (χ2v) is 8.79. The summed E-state index contributed by atoms with van der Waals surface area (Å²) in [6.07, 6.45) is 1.72. The molecule has 8 heteroatoms. The Labute approximate surface area is 171 Å². The molecule has 0 aliphatic carbocycles. The van der Waals surface area contributed by atoms with E-state index in [-0.39, 0.29) is 24.9 Å². The number of nitrogens with one attached hydrogen (secondary N) is 1. The number of ether oxygens (including phenoxy) is 1. The lowest BCUT2D eigenvalue weighted by atomic mass is 10.1. The minimum absolute atomic E-state index is 0.155. The number of nitrogens with zero attached hydrogens (tertiary/aromatic N) is 1. The van der Waals surface area contributed by atoms with Crippen molar-refractivity contribution in [1.29, 1.82) is 0 Å². The maximum atomic E-state index is 12.3. The van der Waals surface area contributed by atoms with Crippen LogP contribution in [0.25, 0.3) is 0 Å². The van der Waals surface area contributed by atoms with Gasteiger partial charge in [0.05, 0.1) is 25.1 Å². The first-order valence-corrected chi connectivity index (χ1v) is 11.1. The molecule has 0 saturated heterocycles. The van der Waals surface area contributed by atoms with Crippen molar-refractivity contribution < 1.29 is 17.9 Å². The Bertz CT molecular complexity index is 918. The van der Waals surface area contributed by atoms with Gasteiger partial charge in [-0.15, -0.1) is 0 Å². The Morgan fingerprint density at radius 2 is 1.93 bits per heavy atom. The van der Waals surface area contributed by atoms with Crippen molar-refractivity contribution in [3.63, 3.8) is 0 Å². The van der Waals surface area contributed by atoms with E-state index in [1.165, 1.54) is 4.31 Å². The normalized spacial score (nSPS) is 12.3. The summed E-state index contributed by atoms with van der Waals surface area (Å²) in [5.41, 5.74) is 1.37.